The van der Waals surface area contributed by atoms with E-state index in [1.807, 2.05) is 11.8 Å². The van der Waals surface area contributed by atoms with Crippen LogP contribution in [0.2, 0.25) is 0 Å². The molecule has 2 rings (SSSR count). The first-order chi connectivity index (χ1) is 9.65. The molecule has 2 heterocycles. The first-order valence-electron chi connectivity index (χ1n) is 7.09. The van der Waals surface area contributed by atoms with Crippen LogP contribution < -0.4 is 5.32 Å². The van der Waals surface area contributed by atoms with Crippen molar-refractivity contribution < 1.29 is 19.4 Å². The van der Waals surface area contributed by atoms with Crippen LogP contribution in [0.3, 0.4) is 0 Å². The summed E-state index contributed by atoms with van der Waals surface area (Å²) in [5.74, 6) is 2.01. The van der Waals surface area contributed by atoms with Crippen molar-refractivity contribution in [2.45, 2.75) is 25.4 Å². The number of piperidine rings is 1. The molecule has 20 heavy (non-hydrogen) atoms. The number of rotatable bonds is 5. The Morgan fingerprint density at radius 1 is 1.30 bits per heavy atom. The van der Waals surface area contributed by atoms with Gasteiger partial charge in [0.2, 0.25) is 0 Å². The third-order valence-electron chi connectivity index (χ3n) is 3.74. The predicted molar refractivity (Wildman–Crippen MR) is 77.0 cm³/mol. The maximum absolute atomic E-state index is 12.0. The fraction of sp³-hybridized carbons (Fsp3) is 0.846. The second-order valence-electron chi connectivity index (χ2n) is 5.31. The van der Waals surface area contributed by atoms with E-state index >= 15 is 0 Å². The standard InChI is InChI=1S/C13H22N2O4S/c16-12(17)8-19-11-1-4-15(5-2-11)13(18)14-7-10-3-6-20-9-10/h10-11H,1-9H2,(H,14,18)(H,16,17). The summed E-state index contributed by atoms with van der Waals surface area (Å²) in [6.45, 7) is 1.78. The van der Waals surface area contributed by atoms with E-state index in [0.29, 0.717) is 31.8 Å². The van der Waals surface area contributed by atoms with Crippen molar-refractivity contribution >= 4 is 23.8 Å². The number of hydrogen-bond acceptors (Lipinski definition) is 4. The minimum absolute atomic E-state index is 0.00131. The molecule has 7 heteroatoms. The van der Waals surface area contributed by atoms with E-state index in [0.717, 1.165) is 12.3 Å². The molecule has 0 spiro atoms. The van der Waals surface area contributed by atoms with E-state index in [2.05, 4.69) is 5.32 Å². The Morgan fingerprint density at radius 3 is 2.65 bits per heavy atom. The maximum atomic E-state index is 12.0. The van der Waals surface area contributed by atoms with Crippen molar-refractivity contribution in [1.82, 2.24) is 10.2 Å². The third-order valence-corrected chi connectivity index (χ3v) is 4.97. The Labute approximate surface area is 123 Å². The lowest BCUT2D eigenvalue weighted by Gasteiger charge is -2.32. The molecule has 0 saturated carbocycles. The largest absolute Gasteiger partial charge is 0.480 e. The minimum atomic E-state index is -0.945. The Balaban J connectivity index is 1.62. The summed E-state index contributed by atoms with van der Waals surface area (Å²) in [5.41, 5.74) is 0. The summed E-state index contributed by atoms with van der Waals surface area (Å²) in [4.78, 5) is 24.2. The number of carbonyl (C=O) groups excluding carboxylic acids is 1. The molecule has 2 aliphatic heterocycles. The molecular weight excluding hydrogens is 280 g/mol. The van der Waals surface area contributed by atoms with Crippen LogP contribution in [0.1, 0.15) is 19.3 Å². The van der Waals surface area contributed by atoms with Crippen molar-refractivity contribution in [3.8, 4) is 0 Å². The molecular formula is C13H22N2O4S. The van der Waals surface area contributed by atoms with Crippen LogP contribution >= 0.6 is 11.8 Å². The van der Waals surface area contributed by atoms with Gasteiger partial charge in [0, 0.05) is 19.6 Å². The Bertz CT molecular complexity index is 339. The number of carboxylic acid groups (broad SMARTS) is 1. The highest BCUT2D eigenvalue weighted by Gasteiger charge is 2.24. The first kappa shape index (κ1) is 15.4. The molecule has 2 saturated heterocycles. The molecule has 2 fully saturated rings. The van der Waals surface area contributed by atoms with E-state index in [4.69, 9.17) is 9.84 Å². The number of likely N-dealkylation sites (tertiary alicyclic amines) is 1. The molecule has 1 atom stereocenters. The van der Waals surface area contributed by atoms with Crippen molar-refractivity contribution in [3.05, 3.63) is 0 Å². The lowest BCUT2D eigenvalue weighted by Crippen LogP contribution is -2.47. The van der Waals surface area contributed by atoms with Gasteiger partial charge in [-0.05, 0) is 36.7 Å². The van der Waals surface area contributed by atoms with Crippen LogP contribution in [0.4, 0.5) is 4.79 Å². The highest BCUT2D eigenvalue weighted by atomic mass is 32.2. The quantitative estimate of drug-likeness (QED) is 0.792. The number of nitrogens with zero attached hydrogens (tertiary/aromatic N) is 1. The summed E-state index contributed by atoms with van der Waals surface area (Å²) >= 11 is 1.95. The van der Waals surface area contributed by atoms with Gasteiger partial charge < -0.3 is 20.1 Å². The van der Waals surface area contributed by atoms with E-state index in [-0.39, 0.29) is 18.7 Å². The number of amides is 2. The average molecular weight is 302 g/mol. The second-order valence-corrected chi connectivity index (χ2v) is 6.46. The molecule has 0 radical (unpaired) electrons. The number of ether oxygens (including phenoxy) is 1. The van der Waals surface area contributed by atoms with Gasteiger partial charge in [-0.2, -0.15) is 11.8 Å². The van der Waals surface area contributed by atoms with Gasteiger partial charge in [-0.1, -0.05) is 0 Å². The van der Waals surface area contributed by atoms with E-state index < -0.39 is 5.97 Å². The van der Waals surface area contributed by atoms with Crippen LogP contribution in [0, 0.1) is 5.92 Å². The molecule has 0 aromatic heterocycles. The number of carboxylic acids is 1. The molecule has 0 aromatic rings. The van der Waals surface area contributed by atoms with Crippen molar-refractivity contribution in [1.29, 1.82) is 0 Å². The number of nitrogens with one attached hydrogen (secondary N) is 1. The third kappa shape index (κ3) is 4.86. The zero-order valence-corrected chi connectivity index (χ0v) is 12.4. The van der Waals surface area contributed by atoms with Crippen LogP contribution in [-0.2, 0) is 9.53 Å². The summed E-state index contributed by atoms with van der Waals surface area (Å²) < 4.78 is 5.25. The molecule has 0 aliphatic carbocycles. The average Bonchev–Trinajstić information content (AvgIpc) is 2.96. The fourth-order valence-electron chi connectivity index (χ4n) is 2.50. The fourth-order valence-corrected chi connectivity index (χ4v) is 3.79. The molecule has 6 nitrogen and oxygen atoms in total. The van der Waals surface area contributed by atoms with Gasteiger partial charge in [-0.25, -0.2) is 9.59 Å². The summed E-state index contributed by atoms with van der Waals surface area (Å²) in [5, 5.41) is 11.6. The monoisotopic (exact) mass is 302 g/mol. The molecule has 1 unspecified atom stereocenters. The molecule has 2 aliphatic rings. The van der Waals surface area contributed by atoms with Gasteiger partial charge in [-0.15, -0.1) is 0 Å². The zero-order chi connectivity index (χ0) is 14.4. The molecule has 0 bridgehead atoms. The maximum Gasteiger partial charge on any atom is 0.329 e. The Hall–Kier alpha value is -0.950. The van der Waals surface area contributed by atoms with Gasteiger partial charge in [0.05, 0.1) is 6.10 Å². The van der Waals surface area contributed by atoms with Crippen molar-refractivity contribution in [2.24, 2.45) is 5.92 Å². The Kier molecular flexibility index (Phi) is 5.97. The van der Waals surface area contributed by atoms with E-state index in [9.17, 15) is 9.59 Å². The zero-order valence-electron chi connectivity index (χ0n) is 11.5. The summed E-state index contributed by atoms with van der Waals surface area (Å²) in [7, 11) is 0. The van der Waals surface area contributed by atoms with E-state index in [1.54, 1.807) is 4.90 Å². The predicted octanol–water partition coefficient (Wildman–Crippen LogP) is 1.01. The number of hydrogen-bond donors (Lipinski definition) is 2. The van der Waals surface area contributed by atoms with Crippen molar-refractivity contribution in [3.63, 3.8) is 0 Å². The molecule has 0 aromatic carbocycles. The van der Waals surface area contributed by atoms with Crippen LogP contribution in [-0.4, -0.2) is 65.9 Å². The number of carbonyl (C=O) groups is 2. The van der Waals surface area contributed by atoms with Gasteiger partial charge in [-0.3, -0.25) is 0 Å². The van der Waals surface area contributed by atoms with Crippen LogP contribution in [0.25, 0.3) is 0 Å². The summed E-state index contributed by atoms with van der Waals surface area (Å²) in [6.07, 6.45) is 2.57. The minimum Gasteiger partial charge on any atom is -0.480 e. The van der Waals surface area contributed by atoms with Crippen LogP contribution in [0.5, 0.6) is 0 Å². The Morgan fingerprint density at radius 2 is 2.05 bits per heavy atom. The summed E-state index contributed by atoms with van der Waals surface area (Å²) in [6, 6.07) is -0.00131. The highest BCUT2D eigenvalue weighted by molar-refractivity contribution is 7.99. The van der Waals surface area contributed by atoms with Gasteiger partial charge >= 0.3 is 12.0 Å². The second kappa shape index (κ2) is 7.73. The number of urea groups is 1. The SMILES string of the molecule is O=C(O)COC1CCN(C(=O)NCC2CCSC2)CC1. The molecule has 114 valence electrons. The van der Waals surface area contributed by atoms with Gasteiger partial charge in [0.1, 0.15) is 6.61 Å². The van der Waals surface area contributed by atoms with Gasteiger partial charge in [0.25, 0.3) is 0 Å². The normalized spacial score (nSPS) is 23.8. The first-order valence-corrected chi connectivity index (χ1v) is 8.24. The van der Waals surface area contributed by atoms with Gasteiger partial charge in [0.15, 0.2) is 0 Å². The lowest BCUT2D eigenvalue weighted by molar-refractivity contribution is -0.145. The number of aliphatic carboxylic acids is 1. The molecule has 2 amide bonds. The number of thioether (sulfide) groups is 1. The molecule has 2 N–H and O–H groups in total. The highest BCUT2D eigenvalue weighted by Crippen LogP contribution is 2.22. The van der Waals surface area contributed by atoms with Crippen LogP contribution in [0.15, 0.2) is 0 Å². The smallest absolute Gasteiger partial charge is 0.329 e. The topological polar surface area (TPSA) is 78.9 Å². The van der Waals surface area contributed by atoms with E-state index in [1.165, 1.54) is 12.2 Å². The van der Waals surface area contributed by atoms with Crippen molar-refractivity contribution in [2.75, 3.05) is 37.7 Å². The lowest BCUT2D eigenvalue weighted by atomic mass is 10.1.